The highest BCUT2D eigenvalue weighted by atomic mass is 16.3. The lowest BCUT2D eigenvalue weighted by Crippen LogP contribution is -1.97. The minimum atomic E-state index is -0.542. The van der Waals surface area contributed by atoms with Crippen LogP contribution in [0.2, 0.25) is 0 Å². The number of hydrogen-bond acceptors (Lipinski definition) is 1. The van der Waals surface area contributed by atoms with Crippen molar-refractivity contribution in [3.63, 3.8) is 0 Å². The summed E-state index contributed by atoms with van der Waals surface area (Å²) in [6.45, 7) is 0. The minimum absolute atomic E-state index is 0.0111. The quantitative estimate of drug-likeness (QED) is 0.182. The summed E-state index contributed by atoms with van der Waals surface area (Å²) in [5.41, 5.74) is 6.15. The Balaban J connectivity index is 1.19. The molecule has 0 radical (unpaired) electrons. The third kappa shape index (κ3) is 4.10. The number of aromatic nitrogens is 2. The smallest absolute Gasteiger partial charge is 0.136 e. The average molecular weight is 684 g/mol. The largest absolute Gasteiger partial charge is 0.456 e. The van der Waals surface area contributed by atoms with Crippen LogP contribution in [0.15, 0.2) is 186 Å². The molecule has 3 heteroatoms. The molecule has 0 amide bonds. The Labute approximate surface area is 316 Å². The first-order valence-electron chi connectivity index (χ1n) is 22.0. The Bertz CT molecular complexity index is 3980. The van der Waals surface area contributed by atoms with Gasteiger partial charge < -0.3 is 13.6 Å². The molecular formula is C50H30N2O. The topological polar surface area (TPSA) is 23.0 Å². The number of benzene rings is 9. The third-order valence-corrected chi connectivity index (χ3v) is 10.5. The van der Waals surface area contributed by atoms with Crippen LogP contribution in [0, 0.1) is 0 Å². The Morgan fingerprint density at radius 2 is 1.02 bits per heavy atom. The maximum absolute atomic E-state index is 9.82. The van der Waals surface area contributed by atoms with Crippen molar-refractivity contribution in [3.05, 3.63) is 182 Å². The van der Waals surface area contributed by atoms with Crippen LogP contribution in [0.4, 0.5) is 0 Å². The van der Waals surface area contributed by atoms with Crippen molar-refractivity contribution in [2.24, 2.45) is 0 Å². The first-order valence-corrected chi connectivity index (χ1v) is 17.5. The van der Waals surface area contributed by atoms with E-state index in [1.165, 1.54) is 0 Å². The summed E-state index contributed by atoms with van der Waals surface area (Å²) >= 11 is 0. The summed E-state index contributed by atoms with van der Waals surface area (Å²) in [6.07, 6.45) is 0. The molecule has 0 bridgehead atoms. The molecule has 9 aromatic carbocycles. The van der Waals surface area contributed by atoms with Gasteiger partial charge >= 0.3 is 0 Å². The molecule has 246 valence electrons. The molecule has 0 aliphatic carbocycles. The van der Waals surface area contributed by atoms with E-state index in [1.807, 2.05) is 60.7 Å². The minimum Gasteiger partial charge on any atom is -0.456 e. The second-order valence-electron chi connectivity index (χ2n) is 13.4. The normalized spacial score (nSPS) is 14.5. The summed E-state index contributed by atoms with van der Waals surface area (Å²) in [7, 11) is 0. The summed E-state index contributed by atoms with van der Waals surface area (Å²) in [4.78, 5) is 0. The fraction of sp³-hybridized carbons (Fsp3) is 0. The first kappa shape index (κ1) is 21.3. The van der Waals surface area contributed by atoms with Crippen LogP contribution >= 0.6 is 0 Å². The van der Waals surface area contributed by atoms with Crippen molar-refractivity contribution in [2.75, 3.05) is 0 Å². The molecule has 0 saturated heterocycles. The van der Waals surface area contributed by atoms with Crippen molar-refractivity contribution >= 4 is 87.1 Å². The third-order valence-electron chi connectivity index (χ3n) is 10.5. The molecule has 0 fully saturated rings. The number of rotatable bonds is 3. The van der Waals surface area contributed by atoms with Crippen LogP contribution < -0.4 is 0 Å². The molecule has 3 heterocycles. The van der Waals surface area contributed by atoms with E-state index in [4.69, 9.17) is 11.3 Å². The van der Waals surface area contributed by atoms with E-state index in [0.29, 0.717) is 5.56 Å². The summed E-state index contributed by atoms with van der Waals surface area (Å²) in [5.74, 6) is 0. The van der Waals surface area contributed by atoms with Gasteiger partial charge in [-0.05, 0) is 105 Å². The highest BCUT2D eigenvalue weighted by Gasteiger charge is 2.20. The number of hydrogen-bond donors (Lipinski definition) is 0. The number of para-hydroxylation sites is 3. The zero-order chi connectivity index (χ0) is 42.5. The van der Waals surface area contributed by atoms with Gasteiger partial charge in [0.2, 0.25) is 0 Å². The molecule has 0 aliphatic heterocycles. The van der Waals surface area contributed by atoms with Crippen molar-refractivity contribution < 1.29 is 16.8 Å². The van der Waals surface area contributed by atoms with Crippen LogP contribution in [-0.2, 0) is 0 Å². The zero-order valence-corrected chi connectivity index (χ0v) is 27.9. The number of fused-ring (bicyclic) bond motifs is 11. The van der Waals surface area contributed by atoms with E-state index < -0.39 is 24.2 Å². The van der Waals surface area contributed by atoms with Crippen LogP contribution in [0.25, 0.3) is 110 Å². The maximum atomic E-state index is 9.82. The summed E-state index contributed by atoms with van der Waals surface area (Å²) in [5, 5.41) is 5.62. The molecule has 12 aromatic rings. The molecule has 12 rings (SSSR count). The van der Waals surface area contributed by atoms with Crippen LogP contribution in [-0.4, -0.2) is 9.13 Å². The Hall–Kier alpha value is -7.10. The SMILES string of the molecule is [2H]c1c(-c2cc(-n3c4ccccc4c4cc5c6ccccc6n(-c6ccccc6)c5cc43)cc3ccccc23)c([2H])c2c(oc3c([2H])c4c([2H])c([2H])c([2H])c([2H])c4c([2H])c32)c1[2H]. The van der Waals surface area contributed by atoms with Crippen LogP contribution in [0.3, 0.4) is 0 Å². The van der Waals surface area contributed by atoms with Crippen molar-refractivity contribution in [1.82, 2.24) is 9.13 Å². The van der Waals surface area contributed by atoms with Gasteiger partial charge in [-0.1, -0.05) is 109 Å². The van der Waals surface area contributed by atoms with E-state index in [2.05, 4.69) is 75.9 Å². The van der Waals surface area contributed by atoms with E-state index in [0.717, 1.165) is 65.8 Å². The second kappa shape index (κ2) is 10.7. The molecule has 0 atom stereocenters. The van der Waals surface area contributed by atoms with Gasteiger partial charge in [0.25, 0.3) is 0 Å². The van der Waals surface area contributed by atoms with E-state index >= 15 is 0 Å². The summed E-state index contributed by atoms with van der Waals surface area (Å²) in [6, 6.07) is 39.7. The fourth-order valence-electron chi connectivity index (χ4n) is 8.19. The van der Waals surface area contributed by atoms with Gasteiger partial charge in [0.1, 0.15) is 11.2 Å². The van der Waals surface area contributed by atoms with Crippen LogP contribution in [0.5, 0.6) is 0 Å². The Morgan fingerprint density at radius 3 is 1.77 bits per heavy atom. The molecule has 0 aliphatic rings. The predicted molar refractivity (Wildman–Crippen MR) is 223 cm³/mol. The fourth-order valence-corrected chi connectivity index (χ4v) is 8.19. The number of nitrogens with zero attached hydrogens (tertiary/aromatic N) is 2. The van der Waals surface area contributed by atoms with Gasteiger partial charge in [-0.15, -0.1) is 0 Å². The molecule has 0 spiro atoms. The lowest BCUT2D eigenvalue weighted by molar-refractivity contribution is 0.669. The Morgan fingerprint density at radius 1 is 0.396 bits per heavy atom. The second-order valence-corrected chi connectivity index (χ2v) is 13.4. The van der Waals surface area contributed by atoms with Crippen LogP contribution in [0.1, 0.15) is 12.3 Å². The molecule has 53 heavy (non-hydrogen) atoms. The molecule has 3 nitrogen and oxygen atoms in total. The van der Waals surface area contributed by atoms with E-state index in [-0.39, 0.29) is 68.5 Å². The van der Waals surface area contributed by atoms with Gasteiger partial charge in [-0.25, -0.2) is 0 Å². The van der Waals surface area contributed by atoms with Gasteiger partial charge in [-0.3, -0.25) is 0 Å². The number of furan rings is 1. The van der Waals surface area contributed by atoms with Crippen molar-refractivity contribution in [3.8, 4) is 22.5 Å². The lowest BCUT2D eigenvalue weighted by atomic mass is 9.95. The maximum Gasteiger partial charge on any atom is 0.136 e. The molecule has 3 aromatic heterocycles. The standard InChI is InChI=1S/C50H30N2O/c1-2-15-35(16-3-1)51-45-20-10-8-18-38(45)41-29-42-39-19-9-11-21-46(39)52(48(42)30-47(41)51)36-24-33-14-6-7-17-37(33)40(28-36)34-22-23-49-43(26-34)44-25-31-12-4-5-13-32(31)27-50(44)53-49/h1-30H/i4D,5D,12D,13D,22D,23D,25D,26D,27D. The van der Waals surface area contributed by atoms with Gasteiger partial charge in [0.05, 0.1) is 34.4 Å². The van der Waals surface area contributed by atoms with Gasteiger partial charge in [-0.2, -0.15) is 0 Å². The monoisotopic (exact) mass is 683 g/mol. The van der Waals surface area contributed by atoms with E-state index in [1.54, 1.807) is 0 Å². The predicted octanol–water partition coefficient (Wildman–Crippen LogP) is 13.8. The molecule has 0 unspecified atom stereocenters. The van der Waals surface area contributed by atoms with E-state index in [9.17, 15) is 5.48 Å². The molecular weight excluding hydrogens is 645 g/mol. The van der Waals surface area contributed by atoms with Crippen molar-refractivity contribution in [1.29, 1.82) is 0 Å². The Kier molecular flexibility index (Phi) is 4.30. The first-order chi connectivity index (χ1) is 30.0. The summed E-state index contributed by atoms with van der Waals surface area (Å²) < 4.78 is 91.4. The molecule has 0 N–H and O–H groups in total. The lowest BCUT2D eigenvalue weighted by Gasteiger charge is -2.14. The highest BCUT2D eigenvalue weighted by Crippen LogP contribution is 2.42. The van der Waals surface area contributed by atoms with Gasteiger partial charge in [0.15, 0.2) is 0 Å². The zero-order valence-electron chi connectivity index (χ0n) is 36.9. The highest BCUT2D eigenvalue weighted by molar-refractivity contribution is 6.19. The average Bonchev–Trinajstić information content (AvgIpc) is 3.96. The molecule has 0 saturated carbocycles. The van der Waals surface area contributed by atoms with Crippen molar-refractivity contribution in [2.45, 2.75) is 0 Å². The van der Waals surface area contributed by atoms with Gasteiger partial charge in [0, 0.05) is 43.7 Å².